The first-order chi connectivity index (χ1) is 4.22. The second kappa shape index (κ2) is 2.58. The summed E-state index contributed by atoms with van der Waals surface area (Å²) >= 11 is 11.1. The van der Waals surface area contributed by atoms with Crippen LogP contribution in [0.2, 0.25) is 0 Å². The lowest BCUT2D eigenvalue weighted by Gasteiger charge is -2.02. The van der Waals surface area contributed by atoms with Crippen LogP contribution in [0.15, 0.2) is 12.4 Å². The normalized spacial score (nSPS) is 10.7. The maximum Gasteiger partial charge on any atom is 0.184 e. The van der Waals surface area contributed by atoms with Gasteiger partial charge >= 0.3 is 0 Å². The lowest BCUT2D eigenvalue weighted by molar-refractivity contribution is 0.806. The predicted molar refractivity (Wildman–Crippen MR) is 37.7 cm³/mol. The smallest absolute Gasteiger partial charge is 0.184 e. The van der Waals surface area contributed by atoms with Crippen LogP contribution in [0.25, 0.3) is 0 Å². The molecule has 0 aliphatic carbocycles. The Kier molecular flexibility index (Phi) is 1.98. The van der Waals surface area contributed by atoms with Gasteiger partial charge in [-0.3, -0.25) is 0 Å². The highest BCUT2D eigenvalue weighted by Crippen LogP contribution is 2.17. The zero-order valence-electron chi connectivity index (χ0n) is 4.88. The molecule has 1 rings (SSSR count). The van der Waals surface area contributed by atoms with E-state index in [4.69, 9.17) is 23.2 Å². The predicted octanol–water partition coefficient (Wildman–Crippen LogP) is 2.13. The molecule has 0 aliphatic rings. The largest absolute Gasteiger partial charge is 0.305 e. The fourth-order valence-corrected chi connectivity index (χ4v) is 1.01. The van der Waals surface area contributed by atoms with Crippen molar-refractivity contribution in [2.75, 3.05) is 0 Å². The Morgan fingerprint density at radius 3 is 2.56 bits per heavy atom. The Hall–Kier alpha value is -0.210. The molecule has 0 aromatic carbocycles. The number of aryl methyl sites for hydroxylation is 1. The SMILES string of the molecule is Cc1nccn1C(Cl)Cl. The molecule has 0 spiro atoms. The molecule has 0 unspecified atom stereocenters. The van der Waals surface area contributed by atoms with Gasteiger partial charge in [-0.1, -0.05) is 23.2 Å². The zero-order chi connectivity index (χ0) is 6.85. The van der Waals surface area contributed by atoms with Gasteiger partial charge in [-0.15, -0.1) is 0 Å². The van der Waals surface area contributed by atoms with Crippen molar-refractivity contribution < 1.29 is 0 Å². The van der Waals surface area contributed by atoms with Crippen LogP contribution in [0.5, 0.6) is 0 Å². The maximum atomic E-state index is 5.54. The fraction of sp³-hybridized carbons (Fsp3) is 0.400. The first-order valence-corrected chi connectivity index (χ1v) is 3.36. The van der Waals surface area contributed by atoms with Gasteiger partial charge in [-0.2, -0.15) is 0 Å². The molecule has 50 valence electrons. The summed E-state index contributed by atoms with van der Waals surface area (Å²) in [7, 11) is 0. The molecule has 0 N–H and O–H groups in total. The lowest BCUT2D eigenvalue weighted by Crippen LogP contribution is -1.96. The highest BCUT2D eigenvalue weighted by atomic mass is 35.5. The topological polar surface area (TPSA) is 17.8 Å². The van der Waals surface area contributed by atoms with Gasteiger partial charge < -0.3 is 4.57 Å². The maximum absolute atomic E-state index is 5.54. The molecular weight excluding hydrogens is 159 g/mol. The minimum Gasteiger partial charge on any atom is -0.305 e. The van der Waals surface area contributed by atoms with Gasteiger partial charge in [0.15, 0.2) is 4.96 Å². The van der Waals surface area contributed by atoms with Gasteiger partial charge in [-0.25, -0.2) is 4.98 Å². The molecular formula is C5H6Cl2N2. The highest BCUT2D eigenvalue weighted by Gasteiger charge is 2.02. The van der Waals surface area contributed by atoms with Crippen molar-refractivity contribution in [3.63, 3.8) is 0 Å². The molecule has 0 fully saturated rings. The summed E-state index contributed by atoms with van der Waals surface area (Å²) in [5, 5.41) is 0. The van der Waals surface area contributed by atoms with Crippen LogP contribution < -0.4 is 0 Å². The highest BCUT2D eigenvalue weighted by molar-refractivity contribution is 6.42. The average Bonchev–Trinajstić information content (AvgIpc) is 2.13. The van der Waals surface area contributed by atoms with Gasteiger partial charge in [0, 0.05) is 12.4 Å². The fourth-order valence-electron chi connectivity index (χ4n) is 0.594. The molecule has 4 heteroatoms. The molecule has 1 heterocycles. The van der Waals surface area contributed by atoms with Crippen molar-refractivity contribution in [1.82, 2.24) is 9.55 Å². The van der Waals surface area contributed by atoms with Gasteiger partial charge in [0.1, 0.15) is 5.82 Å². The minimum absolute atomic E-state index is 0.521. The summed E-state index contributed by atoms with van der Waals surface area (Å²) in [4.78, 5) is 3.41. The Labute approximate surface area is 63.4 Å². The van der Waals surface area contributed by atoms with Crippen molar-refractivity contribution in [3.05, 3.63) is 18.2 Å². The Bertz CT molecular complexity index is 195. The molecule has 9 heavy (non-hydrogen) atoms. The van der Waals surface area contributed by atoms with Crippen LogP contribution in [-0.2, 0) is 0 Å². The Morgan fingerprint density at radius 1 is 1.67 bits per heavy atom. The number of alkyl halides is 2. The molecule has 0 atom stereocenters. The van der Waals surface area contributed by atoms with Crippen LogP contribution in [0.3, 0.4) is 0 Å². The van der Waals surface area contributed by atoms with E-state index in [0.717, 1.165) is 5.82 Å². The molecule has 0 amide bonds. The molecule has 0 saturated heterocycles. The first kappa shape index (κ1) is 6.90. The second-order valence-electron chi connectivity index (χ2n) is 1.66. The molecule has 0 saturated carbocycles. The number of nitrogens with zero attached hydrogens (tertiary/aromatic N) is 2. The number of hydrogen-bond donors (Lipinski definition) is 0. The van der Waals surface area contributed by atoms with Crippen molar-refractivity contribution >= 4 is 23.2 Å². The summed E-state index contributed by atoms with van der Waals surface area (Å²) in [6.07, 6.45) is 3.40. The number of hydrogen-bond acceptors (Lipinski definition) is 1. The molecule has 0 aliphatic heterocycles. The Balaban J connectivity index is 2.94. The summed E-state index contributed by atoms with van der Waals surface area (Å²) < 4.78 is 1.67. The van der Waals surface area contributed by atoms with E-state index in [1.165, 1.54) is 0 Å². The van der Waals surface area contributed by atoms with Crippen LogP contribution >= 0.6 is 23.2 Å². The molecule has 2 nitrogen and oxygen atoms in total. The number of imidazole rings is 1. The van der Waals surface area contributed by atoms with Crippen molar-refractivity contribution in [1.29, 1.82) is 0 Å². The summed E-state index contributed by atoms with van der Waals surface area (Å²) in [6, 6.07) is 0. The van der Waals surface area contributed by atoms with Gasteiger partial charge in [0.25, 0.3) is 0 Å². The quantitative estimate of drug-likeness (QED) is 0.582. The van der Waals surface area contributed by atoms with E-state index in [-0.39, 0.29) is 0 Å². The van der Waals surface area contributed by atoms with E-state index in [2.05, 4.69) is 4.98 Å². The van der Waals surface area contributed by atoms with Crippen LogP contribution in [0.1, 0.15) is 10.8 Å². The molecule has 0 bridgehead atoms. The third-order valence-electron chi connectivity index (χ3n) is 1.07. The summed E-state index contributed by atoms with van der Waals surface area (Å²) in [6.45, 7) is 1.84. The zero-order valence-corrected chi connectivity index (χ0v) is 6.39. The van der Waals surface area contributed by atoms with E-state index < -0.39 is 4.96 Å². The van der Waals surface area contributed by atoms with Crippen LogP contribution in [0.4, 0.5) is 0 Å². The first-order valence-electron chi connectivity index (χ1n) is 2.49. The third-order valence-corrected chi connectivity index (χ3v) is 1.49. The molecule has 0 radical (unpaired) electrons. The van der Waals surface area contributed by atoms with Crippen LogP contribution in [-0.4, -0.2) is 9.55 Å². The van der Waals surface area contributed by atoms with Crippen molar-refractivity contribution in [3.8, 4) is 0 Å². The van der Waals surface area contributed by atoms with Gasteiger partial charge in [0.05, 0.1) is 0 Å². The van der Waals surface area contributed by atoms with Gasteiger partial charge in [0.2, 0.25) is 0 Å². The number of rotatable bonds is 1. The molecule has 1 aromatic heterocycles. The van der Waals surface area contributed by atoms with E-state index in [9.17, 15) is 0 Å². The van der Waals surface area contributed by atoms with Crippen molar-refractivity contribution in [2.45, 2.75) is 11.9 Å². The van der Waals surface area contributed by atoms with Gasteiger partial charge in [-0.05, 0) is 6.92 Å². The number of aromatic nitrogens is 2. The van der Waals surface area contributed by atoms with Crippen LogP contribution in [0, 0.1) is 6.92 Å². The van der Waals surface area contributed by atoms with E-state index in [0.29, 0.717) is 0 Å². The van der Waals surface area contributed by atoms with E-state index in [1.807, 2.05) is 6.92 Å². The lowest BCUT2D eigenvalue weighted by atomic mass is 10.7. The van der Waals surface area contributed by atoms with Crippen molar-refractivity contribution in [2.24, 2.45) is 0 Å². The molecule has 1 aromatic rings. The minimum atomic E-state index is -0.521. The Morgan fingerprint density at radius 2 is 2.33 bits per heavy atom. The third kappa shape index (κ3) is 1.37. The monoisotopic (exact) mass is 164 g/mol. The van der Waals surface area contributed by atoms with E-state index in [1.54, 1.807) is 17.0 Å². The summed E-state index contributed by atoms with van der Waals surface area (Å²) in [5.74, 6) is 0.824. The summed E-state index contributed by atoms with van der Waals surface area (Å²) in [5.41, 5.74) is 0. The number of halogens is 2. The average molecular weight is 165 g/mol. The second-order valence-corrected chi connectivity index (χ2v) is 2.71. The van der Waals surface area contributed by atoms with E-state index >= 15 is 0 Å². The standard InChI is InChI=1S/C5H6Cl2N2/c1-4-8-2-3-9(4)5(6)7/h2-3,5H,1H3.